The summed E-state index contributed by atoms with van der Waals surface area (Å²) in [7, 11) is -3.65. The quantitative estimate of drug-likeness (QED) is 0.664. The van der Waals surface area contributed by atoms with E-state index in [0.29, 0.717) is 24.5 Å². The molecule has 0 radical (unpaired) electrons. The Kier molecular flexibility index (Phi) is 6.94. The van der Waals surface area contributed by atoms with E-state index < -0.39 is 21.8 Å². The molecule has 1 saturated heterocycles. The third-order valence-corrected chi connectivity index (χ3v) is 6.50. The van der Waals surface area contributed by atoms with Gasteiger partial charge in [0.25, 0.3) is 5.91 Å². The maximum atomic E-state index is 12.9. The van der Waals surface area contributed by atoms with E-state index in [-0.39, 0.29) is 29.3 Å². The molecule has 166 valence electrons. The number of nitrogens with zero attached hydrogens (tertiary/aromatic N) is 1. The van der Waals surface area contributed by atoms with Gasteiger partial charge in [-0.1, -0.05) is 6.07 Å². The van der Waals surface area contributed by atoms with Crippen LogP contribution in [-0.2, 0) is 19.6 Å². The van der Waals surface area contributed by atoms with Gasteiger partial charge in [0.05, 0.1) is 17.1 Å². The highest BCUT2D eigenvalue weighted by Crippen LogP contribution is 2.22. The molecule has 2 aromatic carbocycles. The van der Waals surface area contributed by atoms with E-state index >= 15 is 0 Å². The van der Waals surface area contributed by atoms with Crippen molar-refractivity contribution in [3.8, 4) is 5.75 Å². The normalized spacial score (nSPS) is 19.5. The van der Waals surface area contributed by atoms with Crippen molar-refractivity contribution in [2.45, 2.75) is 31.0 Å². The van der Waals surface area contributed by atoms with Crippen molar-refractivity contribution in [1.29, 1.82) is 0 Å². The summed E-state index contributed by atoms with van der Waals surface area (Å²) >= 11 is 0. The third-order valence-electron chi connectivity index (χ3n) is 4.65. The second-order valence-electron chi connectivity index (χ2n) is 7.33. The van der Waals surface area contributed by atoms with Crippen LogP contribution in [0.4, 0.5) is 5.69 Å². The number of carbonyl (C=O) groups excluding carboxylic acids is 2. The summed E-state index contributed by atoms with van der Waals surface area (Å²) in [5, 5.41) is 2.64. The molecule has 0 bridgehead atoms. The predicted molar refractivity (Wildman–Crippen MR) is 114 cm³/mol. The van der Waals surface area contributed by atoms with Gasteiger partial charge in [-0.05, 0) is 56.3 Å². The lowest BCUT2D eigenvalue weighted by atomic mass is 10.2. The number of hydrogen-bond acceptors (Lipinski definition) is 6. The lowest BCUT2D eigenvalue weighted by Gasteiger charge is -2.34. The number of anilines is 1. The molecule has 1 fully saturated rings. The Bertz CT molecular complexity index is 1050. The standard InChI is InChI=1S/C21H25N3O6S/c1-14-11-24(12-15(2)30-14)31(27,28)19-8-6-17(7-9-19)23-20(25)13-29-18-5-3-4-16(10-18)21(22)26/h3-10,14-15H,11-13H2,1-2H3,(H2,22,26)(H,23,25). The fraction of sp³-hybridized carbons (Fsp3) is 0.333. The first kappa shape index (κ1) is 22.7. The first-order chi connectivity index (χ1) is 14.6. The van der Waals surface area contributed by atoms with Gasteiger partial charge in [-0.15, -0.1) is 0 Å². The first-order valence-electron chi connectivity index (χ1n) is 9.73. The molecule has 0 spiro atoms. The molecule has 1 aliphatic rings. The van der Waals surface area contributed by atoms with E-state index in [4.69, 9.17) is 15.2 Å². The Hall–Kier alpha value is -2.95. The van der Waals surface area contributed by atoms with E-state index in [0.717, 1.165) is 0 Å². The number of nitrogens with one attached hydrogen (secondary N) is 1. The SMILES string of the molecule is CC1CN(S(=O)(=O)c2ccc(NC(=O)COc3cccc(C(N)=O)c3)cc2)CC(C)O1. The fourth-order valence-corrected chi connectivity index (χ4v) is 4.86. The number of ether oxygens (including phenoxy) is 2. The van der Waals surface area contributed by atoms with Gasteiger partial charge in [0.2, 0.25) is 15.9 Å². The lowest BCUT2D eigenvalue weighted by Crippen LogP contribution is -2.48. The number of carbonyl (C=O) groups is 2. The summed E-state index contributed by atoms with van der Waals surface area (Å²) in [6.07, 6.45) is -0.360. The van der Waals surface area contributed by atoms with Crippen LogP contribution in [0, 0.1) is 0 Å². The zero-order chi connectivity index (χ0) is 22.6. The molecule has 2 unspecified atom stereocenters. The number of nitrogens with two attached hydrogens (primary N) is 1. The maximum Gasteiger partial charge on any atom is 0.262 e. The van der Waals surface area contributed by atoms with E-state index in [9.17, 15) is 18.0 Å². The molecule has 2 atom stereocenters. The topological polar surface area (TPSA) is 128 Å². The molecule has 31 heavy (non-hydrogen) atoms. The van der Waals surface area contributed by atoms with Gasteiger partial charge in [-0.2, -0.15) is 4.31 Å². The number of morpholine rings is 1. The molecule has 2 aromatic rings. The van der Waals surface area contributed by atoms with Crippen LogP contribution in [0.5, 0.6) is 5.75 Å². The minimum absolute atomic E-state index is 0.145. The zero-order valence-corrected chi connectivity index (χ0v) is 18.1. The summed E-state index contributed by atoms with van der Waals surface area (Å²) in [6, 6.07) is 12.1. The van der Waals surface area contributed by atoms with Gasteiger partial charge in [0.1, 0.15) is 5.75 Å². The Morgan fingerprint density at radius 3 is 2.39 bits per heavy atom. The van der Waals surface area contributed by atoms with Crippen molar-refractivity contribution < 1.29 is 27.5 Å². The highest BCUT2D eigenvalue weighted by Gasteiger charge is 2.32. The summed E-state index contributed by atoms with van der Waals surface area (Å²) in [5.74, 6) is -0.691. The summed E-state index contributed by atoms with van der Waals surface area (Å²) < 4.78 is 38.1. The van der Waals surface area contributed by atoms with Crippen molar-refractivity contribution in [3.05, 3.63) is 54.1 Å². The van der Waals surface area contributed by atoms with Crippen LogP contribution in [0.15, 0.2) is 53.4 Å². The molecule has 2 amide bonds. The Balaban J connectivity index is 1.59. The molecule has 0 aromatic heterocycles. The second-order valence-corrected chi connectivity index (χ2v) is 9.27. The van der Waals surface area contributed by atoms with Crippen LogP contribution in [0.2, 0.25) is 0 Å². The Morgan fingerprint density at radius 2 is 1.77 bits per heavy atom. The van der Waals surface area contributed by atoms with Crippen LogP contribution < -0.4 is 15.8 Å². The average molecular weight is 448 g/mol. The molecular weight excluding hydrogens is 422 g/mol. The van der Waals surface area contributed by atoms with Crippen LogP contribution >= 0.6 is 0 Å². The zero-order valence-electron chi connectivity index (χ0n) is 17.3. The van der Waals surface area contributed by atoms with Gasteiger partial charge in [-0.25, -0.2) is 8.42 Å². The molecule has 9 nitrogen and oxygen atoms in total. The van der Waals surface area contributed by atoms with E-state index in [1.54, 1.807) is 18.2 Å². The van der Waals surface area contributed by atoms with Crippen molar-refractivity contribution >= 4 is 27.5 Å². The van der Waals surface area contributed by atoms with E-state index in [2.05, 4.69) is 5.32 Å². The molecular formula is C21H25N3O6S. The minimum Gasteiger partial charge on any atom is -0.484 e. The minimum atomic E-state index is -3.65. The largest absolute Gasteiger partial charge is 0.484 e. The summed E-state index contributed by atoms with van der Waals surface area (Å²) in [5.41, 5.74) is 5.93. The number of rotatable bonds is 7. The Labute approximate surface area is 181 Å². The molecule has 0 saturated carbocycles. The van der Waals surface area contributed by atoms with Gasteiger partial charge < -0.3 is 20.5 Å². The predicted octanol–water partition coefficient (Wildman–Crippen LogP) is 1.60. The fourth-order valence-electron chi connectivity index (χ4n) is 3.27. The van der Waals surface area contributed by atoms with Crippen LogP contribution in [-0.4, -0.2) is 56.4 Å². The van der Waals surface area contributed by atoms with Gasteiger partial charge >= 0.3 is 0 Å². The first-order valence-corrected chi connectivity index (χ1v) is 11.2. The molecule has 0 aliphatic carbocycles. The van der Waals surface area contributed by atoms with Crippen molar-refractivity contribution in [1.82, 2.24) is 4.31 Å². The van der Waals surface area contributed by atoms with Crippen molar-refractivity contribution in [3.63, 3.8) is 0 Å². The molecule has 1 heterocycles. The average Bonchev–Trinajstić information content (AvgIpc) is 2.72. The third kappa shape index (κ3) is 5.81. The van der Waals surface area contributed by atoms with Crippen LogP contribution in [0.1, 0.15) is 24.2 Å². The van der Waals surface area contributed by atoms with Crippen LogP contribution in [0.25, 0.3) is 0 Å². The smallest absolute Gasteiger partial charge is 0.262 e. The number of sulfonamides is 1. The highest BCUT2D eigenvalue weighted by molar-refractivity contribution is 7.89. The molecule has 3 N–H and O–H groups in total. The highest BCUT2D eigenvalue weighted by atomic mass is 32.2. The number of benzene rings is 2. The summed E-state index contributed by atoms with van der Waals surface area (Å²) in [6.45, 7) is 3.97. The lowest BCUT2D eigenvalue weighted by molar-refractivity contribution is -0.118. The molecule has 10 heteroatoms. The number of amides is 2. The number of hydrogen-bond donors (Lipinski definition) is 2. The van der Waals surface area contributed by atoms with Crippen molar-refractivity contribution in [2.75, 3.05) is 25.0 Å². The van der Waals surface area contributed by atoms with Gasteiger partial charge in [-0.3, -0.25) is 9.59 Å². The summed E-state index contributed by atoms with van der Waals surface area (Å²) in [4.78, 5) is 23.5. The monoisotopic (exact) mass is 447 g/mol. The van der Waals surface area contributed by atoms with Crippen LogP contribution in [0.3, 0.4) is 0 Å². The van der Waals surface area contributed by atoms with Gasteiger partial charge in [0, 0.05) is 24.3 Å². The van der Waals surface area contributed by atoms with Crippen molar-refractivity contribution in [2.24, 2.45) is 5.73 Å². The second kappa shape index (κ2) is 9.46. The number of primary amides is 1. The van der Waals surface area contributed by atoms with Gasteiger partial charge in [0.15, 0.2) is 6.61 Å². The van der Waals surface area contributed by atoms with E-state index in [1.807, 2.05) is 13.8 Å². The molecule has 1 aliphatic heterocycles. The molecule has 3 rings (SSSR count). The van der Waals surface area contributed by atoms with E-state index in [1.165, 1.54) is 34.6 Å². The Morgan fingerprint density at radius 1 is 1.13 bits per heavy atom. The maximum absolute atomic E-state index is 12.9.